The van der Waals surface area contributed by atoms with E-state index in [9.17, 15) is 4.79 Å². The van der Waals surface area contributed by atoms with Gasteiger partial charge >= 0.3 is 0 Å². The van der Waals surface area contributed by atoms with Crippen LogP contribution in [0.25, 0.3) is 0 Å². The second-order valence-electron chi connectivity index (χ2n) is 7.39. The molecule has 0 bridgehead atoms. The van der Waals surface area contributed by atoms with Gasteiger partial charge in [-0.1, -0.05) is 23.7 Å². The number of piperidine rings is 1. The predicted molar refractivity (Wildman–Crippen MR) is 117 cm³/mol. The number of benzene rings is 2. The highest BCUT2D eigenvalue weighted by Gasteiger charge is 2.25. The van der Waals surface area contributed by atoms with Crippen LogP contribution in [-0.4, -0.2) is 45.2 Å². The standard InChI is InChI=1S/C23H29ClN2O4/c1-28-20-8-7-18(21(29-2)22(20)30-3)14-25-23(27)17-9-11-26(12-10-17)15-16-5-4-6-19(24)13-16/h4-8,13,17H,9-12,14-15H2,1-3H3,(H,25,27). The number of ether oxygens (including phenoxy) is 3. The lowest BCUT2D eigenvalue weighted by Crippen LogP contribution is -2.40. The molecule has 1 amide bonds. The maximum Gasteiger partial charge on any atom is 0.223 e. The van der Waals surface area contributed by atoms with Gasteiger partial charge in [-0.3, -0.25) is 9.69 Å². The minimum atomic E-state index is 0.0201. The summed E-state index contributed by atoms with van der Waals surface area (Å²) < 4.78 is 16.2. The highest BCUT2D eigenvalue weighted by Crippen LogP contribution is 2.39. The predicted octanol–water partition coefficient (Wildman–Crippen LogP) is 3.89. The number of hydrogen-bond acceptors (Lipinski definition) is 5. The first-order chi connectivity index (χ1) is 14.5. The summed E-state index contributed by atoms with van der Waals surface area (Å²) in [5.41, 5.74) is 2.05. The molecule has 0 saturated carbocycles. The Hall–Kier alpha value is -2.44. The number of nitrogens with zero attached hydrogens (tertiary/aromatic N) is 1. The second-order valence-corrected chi connectivity index (χ2v) is 7.83. The molecule has 1 N–H and O–H groups in total. The first-order valence-corrected chi connectivity index (χ1v) is 10.5. The molecular formula is C23H29ClN2O4. The third-order valence-electron chi connectivity index (χ3n) is 5.49. The maximum absolute atomic E-state index is 12.7. The molecule has 1 saturated heterocycles. The van der Waals surface area contributed by atoms with Crippen molar-refractivity contribution < 1.29 is 19.0 Å². The molecule has 3 rings (SSSR count). The molecule has 7 heteroatoms. The minimum absolute atomic E-state index is 0.0201. The molecular weight excluding hydrogens is 404 g/mol. The normalized spacial score (nSPS) is 14.9. The molecule has 0 spiro atoms. The number of carbonyl (C=O) groups is 1. The number of amides is 1. The Morgan fingerprint density at radius 1 is 1.07 bits per heavy atom. The van der Waals surface area contributed by atoms with Crippen molar-refractivity contribution in [1.82, 2.24) is 10.2 Å². The van der Waals surface area contributed by atoms with Crippen molar-refractivity contribution in [3.63, 3.8) is 0 Å². The number of rotatable bonds is 8. The second kappa shape index (κ2) is 10.5. The average molecular weight is 433 g/mol. The van der Waals surface area contributed by atoms with E-state index in [1.165, 1.54) is 5.56 Å². The van der Waals surface area contributed by atoms with Crippen LogP contribution in [0.1, 0.15) is 24.0 Å². The summed E-state index contributed by atoms with van der Waals surface area (Å²) in [4.78, 5) is 15.1. The molecule has 0 unspecified atom stereocenters. The lowest BCUT2D eigenvalue weighted by atomic mass is 9.95. The van der Waals surface area contributed by atoms with E-state index in [4.69, 9.17) is 25.8 Å². The summed E-state index contributed by atoms with van der Waals surface area (Å²) in [6, 6.07) is 11.6. The Bertz CT molecular complexity index is 866. The fourth-order valence-corrected chi connectivity index (χ4v) is 4.09. The Morgan fingerprint density at radius 2 is 1.80 bits per heavy atom. The van der Waals surface area contributed by atoms with Gasteiger partial charge in [0.15, 0.2) is 11.5 Å². The molecule has 1 aliphatic rings. The van der Waals surface area contributed by atoms with E-state index in [-0.39, 0.29) is 11.8 Å². The van der Waals surface area contributed by atoms with Crippen LogP contribution in [0.15, 0.2) is 36.4 Å². The van der Waals surface area contributed by atoms with Crippen molar-refractivity contribution >= 4 is 17.5 Å². The number of methoxy groups -OCH3 is 3. The number of likely N-dealkylation sites (tertiary alicyclic amines) is 1. The van der Waals surface area contributed by atoms with Crippen molar-refractivity contribution in [3.8, 4) is 17.2 Å². The lowest BCUT2D eigenvalue weighted by Gasteiger charge is -2.31. The van der Waals surface area contributed by atoms with Gasteiger partial charge in [-0.05, 0) is 55.8 Å². The van der Waals surface area contributed by atoms with Crippen LogP contribution in [-0.2, 0) is 17.9 Å². The van der Waals surface area contributed by atoms with Crippen LogP contribution >= 0.6 is 11.6 Å². The van der Waals surface area contributed by atoms with E-state index in [1.807, 2.05) is 30.3 Å². The zero-order valence-corrected chi connectivity index (χ0v) is 18.5. The number of hydrogen-bond donors (Lipinski definition) is 1. The summed E-state index contributed by atoms with van der Waals surface area (Å²) in [5.74, 6) is 1.80. The highest BCUT2D eigenvalue weighted by molar-refractivity contribution is 6.30. The molecule has 162 valence electrons. The summed E-state index contributed by atoms with van der Waals surface area (Å²) in [6.45, 7) is 3.03. The average Bonchev–Trinajstić information content (AvgIpc) is 2.77. The van der Waals surface area contributed by atoms with Gasteiger partial charge in [0.2, 0.25) is 11.7 Å². The van der Waals surface area contributed by atoms with E-state index < -0.39 is 0 Å². The Kier molecular flexibility index (Phi) is 7.82. The minimum Gasteiger partial charge on any atom is -0.493 e. The smallest absolute Gasteiger partial charge is 0.223 e. The van der Waals surface area contributed by atoms with E-state index in [2.05, 4.69) is 16.3 Å². The Balaban J connectivity index is 1.53. The van der Waals surface area contributed by atoms with Gasteiger partial charge in [0, 0.05) is 29.6 Å². The van der Waals surface area contributed by atoms with E-state index in [0.29, 0.717) is 23.8 Å². The van der Waals surface area contributed by atoms with Crippen LogP contribution < -0.4 is 19.5 Å². The van der Waals surface area contributed by atoms with Gasteiger partial charge in [-0.25, -0.2) is 0 Å². The lowest BCUT2D eigenvalue weighted by molar-refractivity contribution is -0.126. The maximum atomic E-state index is 12.7. The molecule has 30 heavy (non-hydrogen) atoms. The van der Waals surface area contributed by atoms with Crippen LogP contribution in [0, 0.1) is 5.92 Å². The summed E-state index contributed by atoms with van der Waals surface area (Å²) in [5, 5.41) is 3.81. The fraction of sp³-hybridized carbons (Fsp3) is 0.435. The van der Waals surface area contributed by atoms with Crippen molar-refractivity contribution in [3.05, 3.63) is 52.5 Å². The quantitative estimate of drug-likeness (QED) is 0.685. The molecule has 0 aliphatic carbocycles. The molecule has 0 atom stereocenters. The Morgan fingerprint density at radius 3 is 2.43 bits per heavy atom. The SMILES string of the molecule is COc1ccc(CNC(=O)C2CCN(Cc3cccc(Cl)c3)CC2)c(OC)c1OC. The van der Waals surface area contributed by atoms with E-state index in [0.717, 1.165) is 43.1 Å². The molecule has 2 aromatic carbocycles. The van der Waals surface area contributed by atoms with Crippen molar-refractivity contribution in [2.75, 3.05) is 34.4 Å². The first kappa shape index (κ1) is 22.2. The monoisotopic (exact) mass is 432 g/mol. The largest absolute Gasteiger partial charge is 0.493 e. The van der Waals surface area contributed by atoms with Gasteiger partial charge < -0.3 is 19.5 Å². The summed E-state index contributed by atoms with van der Waals surface area (Å²) in [6.07, 6.45) is 1.69. The highest BCUT2D eigenvalue weighted by atomic mass is 35.5. The van der Waals surface area contributed by atoms with Crippen molar-refractivity contribution in [1.29, 1.82) is 0 Å². The van der Waals surface area contributed by atoms with Crippen molar-refractivity contribution in [2.24, 2.45) is 5.92 Å². The van der Waals surface area contributed by atoms with Crippen LogP contribution in [0.4, 0.5) is 0 Å². The number of carbonyl (C=O) groups excluding carboxylic acids is 1. The number of halogens is 1. The van der Waals surface area contributed by atoms with E-state index >= 15 is 0 Å². The number of nitrogens with one attached hydrogen (secondary N) is 1. The van der Waals surface area contributed by atoms with Crippen LogP contribution in [0.3, 0.4) is 0 Å². The summed E-state index contributed by atoms with van der Waals surface area (Å²) in [7, 11) is 4.73. The Labute approximate surface area is 183 Å². The third-order valence-corrected chi connectivity index (χ3v) is 5.73. The van der Waals surface area contributed by atoms with Gasteiger partial charge in [0.25, 0.3) is 0 Å². The molecule has 1 fully saturated rings. The van der Waals surface area contributed by atoms with Gasteiger partial charge in [-0.15, -0.1) is 0 Å². The van der Waals surface area contributed by atoms with Crippen LogP contribution in [0.5, 0.6) is 17.2 Å². The van der Waals surface area contributed by atoms with Gasteiger partial charge in [-0.2, -0.15) is 0 Å². The van der Waals surface area contributed by atoms with Gasteiger partial charge in [0.1, 0.15) is 0 Å². The zero-order chi connectivity index (χ0) is 21.5. The van der Waals surface area contributed by atoms with Gasteiger partial charge in [0.05, 0.1) is 21.3 Å². The molecule has 1 heterocycles. The van der Waals surface area contributed by atoms with Crippen LogP contribution in [0.2, 0.25) is 5.02 Å². The molecule has 1 aliphatic heterocycles. The molecule has 0 aromatic heterocycles. The van der Waals surface area contributed by atoms with E-state index in [1.54, 1.807) is 21.3 Å². The molecule has 6 nitrogen and oxygen atoms in total. The van der Waals surface area contributed by atoms with Crippen molar-refractivity contribution in [2.45, 2.75) is 25.9 Å². The molecule has 2 aromatic rings. The fourth-order valence-electron chi connectivity index (χ4n) is 3.88. The first-order valence-electron chi connectivity index (χ1n) is 10.1. The molecule has 0 radical (unpaired) electrons. The third kappa shape index (κ3) is 5.37. The topological polar surface area (TPSA) is 60.0 Å². The summed E-state index contributed by atoms with van der Waals surface area (Å²) >= 11 is 6.07. The zero-order valence-electron chi connectivity index (χ0n) is 17.7.